The first kappa shape index (κ1) is 18.6. The van der Waals surface area contributed by atoms with Crippen molar-refractivity contribution in [1.82, 2.24) is 5.32 Å². The largest absolute Gasteiger partial charge is 0.469 e. The summed E-state index contributed by atoms with van der Waals surface area (Å²) in [6, 6.07) is 7.01. The minimum atomic E-state index is -0.439. The predicted molar refractivity (Wildman–Crippen MR) is 93.2 cm³/mol. The zero-order valence-electron chi connectivity index (χ0n) is 13.9. The molecular weight excluding hydrogens is 374 g/mol. The quantitative estimate of drug-likeness (QED) is 0.750. The van der Waals surface area contributed by atoms with Crippen molar-refractivity contribution < 1.29 is 19.1 Å². The van der Waals surface area contributed by atoms with Crippen molar-refractivity contribution in [3.8, 4) is 0 Å². The van der Waals surface area contributed by atoms with Crippen molar-refractivity contribution in [3.63, 3.8) is 0 Å². The van der Waals surface area contributed by atoms with Crippen molar-refractivity contribution in [3.05, 3.63) is 34.3 Å². The fourth-order valence-electron chi connectivity index (χ4n) is 3.04. The third kappa shape index (κ3) is 4.90. The van der Waals surface area contributed by atoms with E-state index in [4.69, 9.17) is 4.74 Å². The number of hydrogen-bond acceptors (Lipinski definition) is 4. The molecule has 2 rings (SSSR count). The monoisotopic (exact) mass is 395 g/mol. The molecule has 1 saturated carbocycles. The molecule has 0 saturated heterocycles. The number of hydrogen-bond donors (Lipinski definition) is 1. The summed E-state index contributed by atoms with van der Waals surface area (Å²) in [5.74, 6) is -0.276. The summed E-state index contributed by atoms with van der Waals surface area (Å²) in [4.78, 5) is 35.7. The van der Waals surface area contributed by atoms with E-state index in [2.05, 4.69) is 21.2 Å². The Morgan fingerprint density at radius 3 is 2.54 bits per heavy atom. The molecule has 1 N–H and O–H groups in total. The van der Waals surface area contributed by atoms with Crippen LogP contribution in [0.3, 0.4) is 0 Å². The van der Waals surface area contributed by atoms with Crippen LogP contribution in [0.5, 0.6) is 0 Å². The molecule has 0 unspecified atom stereocenters. The second-order valence-corrected chi connectivity index (χ2v) is 7.13. The van der Waals surface area contributed by atoms with E-state index in [1.54, 1.807) is 0 Å². The van der Waals surface area contributed by atoms with Crippen LogP contribution >= 0.6 is 15.9 Å². The Labute approximate surface area is 150 Å². The lowest BCUT2D eigenvalue weighted by Crippen LogP contribution is -2.32. The highest BCUT2D eigenvalue weighted by Gasteiger charge is 2.32. The topological polar surface area (TPSA) is 72.5 Å². The smallest absolute Gasteiger partial charge is 0.307 e. The third-order valence-corrected chi connectivity index (χ3v) is 5.16. The maximum Gasteiger partial charge on any atom is 0.307 e. The average Bonchev–Trinajstić information content (AvgIpc) is 2.86. The molecule has 1 fully saturated rings. The second kappa shape index (κ2) is 8.42. The molecule has 0 aliphatic heterocycles. The van der Waals surface area contributed by atoms with Gasteiger partial charge in [-0.05, 0) is 30.0 Å². The summed E-state index contributed by atoms with van der Waals surface area (Å²) in [7, 11) is 1.33. The van der Waals surface area contributed by atoms with Crippen LogP contribution in [0.25, 0.3) is 0 Å². The SMILES string of the molecule is COC(=O)C[C@H](NC(=O)C[C@@H]1CCC(=O)[C@H]1C)c1ccc(Br)cc1. The maximum absolute atomic E-state index is 12.4. The van der Waals surface area contributed by atoms with Gasteiger partial charge in [-0.15, -0.1) is 0 Å². The van der Waals surface area contributed by atoms with Crippen LogP contribution in [0.2, 0.25) is 0 Å². The van der Waals surface area contributed by atoms with Crippen molar-refractivity contribution >= 4 is 33.6 Å². The minimum absolute atomic E-state index is 0.0671. The summed E-state index contributed by atoms with van der Waals surface area (Å²) < 4.78 is 5.65. The van der Waals surface area contributed by atoms with Gasteiger partial charge >= 0.3 is 5.97 Å². The molecule has 3 atom stereocenters. The number of methoxy groups -OCH3 is 1. The van der Waals surface area contributed by atoms with Gasteiger partial charge in [0.25, 0.3) is 0 Å². The summed E-state index contributed by atoms with van der Waals surface area (Å²) in [6.45, 7) is 1.88. The van der Waals surface area contributed by atoms with Crippen molar-refractivity contribution in [2.45, 2.75) is 38.6 Å². The number of ether oxygens (including phenoxy) is 1. The molecule has 1 aromatic rings. The van der Waals surface area contributed by atoms with Crippen molar-refractivity contribution in [2.24, 2.45) is 11.8 Å². The fourth-order valence-corrected chi connectivity index (χ4v) is 3.30. The Hall–Kier alpha value is -1.69. The third-order valence-electron chi connectivity index (χ3n) is 4.63. The van der Waals surface area contributed by atoms with Gasteiger partial charge in [-0.25, -0.2) is 0 Å². The molecule has 0 bridgehead atoms. The van der Waals surface area contributed by atoms with E-state index in [0.717, 1.165) is 16.5 Å². The molecule has 1 aromatic carbocycles. The molecular formula is C18H22BrNO4. The number of esters is 1. The van der Waals surface area contributed by atoms with E-state index in [0.29, 0.717) is 12.8 Å². The highest BCUT2D eigenvalue weighted by molar-refractivity contribution is 9.10. The van der Waals surface area contributed by atoms with Gasteiger partial charge in [0.2, 0.25) is 5.91 Å². The number of Topliss-reactive ketones (excluding diaryl/α,β-unsaturated/α-hetero) is 1. The first-order valence-electron chi connectivity index (χ1n) is 8.05. The number of benzene rings is 1. The Bertz CT molecular complexity index is 614. The number of halogens is 1. The predicted octanol–water partition coefficient (Wildman–Crippen LogP) is 3.17. The van der Waals surface area contributed by atoms with Gasteiger partial charge in [0.1, 0.15) is 5.78 Å². The van der Waals surface area contributed by atoms with Gasteiger partial charge in [-0.2, -0.15) is 0 Å². The van der Waals surface area contributed by atoms with Crippen LogP contribution in [-0.4, -0.2) is 24.8 Å². The van der Waals surface area contributed by atoms with Crippen molar-refractivity contribution in [1.29, 1.82) is 0 Å². The highest BCUT2D eigenvalue weighted by Crippen LogP contribution is 2.31. The normalized spacial score (nSPS) is 21.4. The maximum atomic E-state index is 12.4. The molecule has 0 aromatic heterocycles. The average molecular weight is 396 g/mol. The van der Waals surface area contributed by atoms with Gasteiger partial charge in [0, 0.05) is 23.2 Å². The van der Waals surface area contributed by atoms with E-state index < -0.39 is 6.04 Å². The number of carbonyl (C=O) groups is 3. The van der Waals surface area contributed by atoms with Gasteiger partial charge in [-0.1, -0.05) is 35.0 Å². The van der Waals surface area contributed by atoms with Gasteiger partial charge in [0.15, 0.2) is 0 Å². The number of carbonyl (C=O) groups excluding carboxylic acids is 3. The molecule has 24 heavy (non-hydrogen) atoms. The van der Waals surface area contributed by atoms with Gasteiger partial charge in [-0.3, -0.25) is 14.4 Å². The van der Waals surface area contributed by atoms with Crippen LogP contribution in [0, 0.1) is 11.8 Å². The molecule has 0 spiro atoms. The van der Waals surface area contributed by atoms with Crippen LogP contribution in [0.4, 0.5) is 0 Å². The van der Waals surface area contributed by atoms with Crippen LogP contribution in [0.1, 0.15) is 44.2 Å². The van der Waals surface area contributed by atoms with Gasteiger partial charge in [0.05, 0.1) is 19.6 Å². The van der Waals surface area contributed by atoms with E-state index >= 15 is 0 Å². The molecule has 5 nitrogen and oxygen atoms in total. The zero-order valence-corrected chi connectivity index (χ0v) is 15.5. The summed E-state index contributed by atoms with van der Waals surface area (Å²) in [6.07, 6.45) is 1.69. The first-order valence-corrected chi connectivity index (χ1v) is 8.84. The van der Waals surface area contributed by atoms with Crippen molar-refractivity contribution in [2.75, 3.05) is 7.11 Å². The molecule has 1 aliphatic carbocycles. The van der Waals surface area contributed by atoms with Gasteiger partial charge < -0.3 is 10.1 Å². The fraction of sp³-hybridized carbons (Fsp3) is 0.500. The number of amides is 1. The number of rotatable bonds is 6. The lowest BCUT2D eigenvalue weighted by Gasteiger charge is -2.20. The minimum Gasteiger partial charge on any atom is -0.469 e. The second-order valence-electron chi connectivity index (χ2n) is 6.21. The zero-order chi connectivity index (χ0) is 17.7. The van der Waals surface area contributed by atoms with E-state index in [1.807, 2.05) is 31.2 Å². The Balaban J connectivity index is 2.04. The highest BCUT2D eigenvalue weighted by atomic mass is 79.9. The molecule has 130 valence electrons. The van der Waals surface area contributed by atoms with E-state index in [9.17, 15) is 14.4 Å². The molecule has 1 aliphatic rings. The van der Waals surface area contributed by atoms with Crippen LogP contribution in [-0.2, 0) is 19.1 Å². The molecule has 1 amide bonds. The summed E-state index contributed by atoms with van der Waals surface area (Å²) in [5, 5.41) is 2.91. The summed E-state index contributed by atoms with van der Waals surface area (Å²) in [5.41, 5.74) is 0.840. The molecule has 0 heterocycles. The Kier molecular flexibility index (Phi) is 6.54. The molecule has 0 radical (unpaired) electrons. The molecule has 6 heteroatoms. The lowest BCUT2D eigenvalue weighted by molar-refractivity contribution is -0.141. The number of nitrogens with one attached hydrogen (secondary N) is 1. The van der Waals surface area contributed by atoms with Crippen LogP contribution < -0.4 is 5.32 Å². The first-order chi connectivity index (χ1) is 11.4. The summed E-state index contributed by atoms with van der Waals surface area (Å²) >= 11 is 3.37. The van der Waals surface area contributed by atoms with E-state index in [-0.39, 0.29) is 35.9 Å². The number of ketones is 1. The Morgan fingerprint density at radius 2 is 2.00 bits per heavy atom. The standard InChI is InChI=1S/C18H22BrNO4/c1-11-13(5-8-16(11)21)9-17(22)20-15(10-18(23)24-2)12-3-6-14(19)7-4-12/h3-4,6-7,11,13,15H,5,8-10H2,1-2H3,(H,20,22)/t11-,13-,15-/m0/s1. The lowest BCUT2D eigenvalue weighted by atomic mass is 9.93. The Morgan fingerprint density at radius 1 is 1.33 bits per heavy atom. The van der Waals surface area contributed by atoms with Crippen LogP contribution in [0.15, 0.2) is 28.7 Å². The van der Waals surface area contributed by atoms with E-state index in [1.165, 1.54) is 7.11 Å².